The van der Waals surface area contributed by atoms with Gasteiger partial charge in [-0.3, -0.25) is 0 Å². The summed E-state index contributed by atoms with van der Waals surface area (Å²) in [5.41, 5.74) is -0.721. The van der Waals surface area contributed by atoms with Crippen LogP contribution in [0.3, 0.4) is 0 Å². The van der Waals surface area contributed by atoms with Gasteiger partial charge in [-0.2, -0.15) is 0 Å². The van der Waals surface area contributed by atoms with Crippen LogP contribution in [0.15, 0.2) is 12.4 Å². The molecule has 0 radical (unpaired) electrons. The maximum absolute atomic E-state index is 10.2. The summed E-state index contributed by atoms with van der Waals surface area (Å²) >= 11 is 5.67. The minimum atomic E-state index is -0.721. The van der Waals surface area contributed by atoms with Gasteiger partial charge in [0.15, 0.2) is 0 Å². The molecule has 0 spiro atoms. The summed E-state index contributed by atoms with van der Waals surface area (Å²) in [6.07, 6.45) is 4.30. The Labute approximate surface area is 98.8 Å². The van der Waals surface area contributed by atoms with Gasteiger partial charge in [0.05, 0.1) is 23.0 Å². The monoisotopic (exact) mass is 243 g/mol. The highest BCUT2D eigenvalue weighted by Crippen LogP contribution is 2.20. The molecule has 1 aliphatic rings. The lowest BCUT2D eigenvalue weighted by molar-refractivity contribution is -0.0544. The van der Waals surface area contributed by atoms with Gasteiger partial charge in [0.25, 0.3) is 0 Å². The quantitative estimate of drug-likeness (QED) is 0.832. The van der Waals surface area contributed by atoms with E-state index in [4.69, 9.17) is 16.3 Å². The fraction of sp³-hybridized carbons (Fsp3) is 0.600. The summed E-state index contributed by atoms with van der Waals surface area (Å²) in [6, 6.07) is 0. The molecule has 2 rings (SSSR count). The van der Waals surface area contributed by atoms with Crippen molar-refractivity contribution < 1.29 is 9.84 Å². The van der Waals surface area contributed by atoms with Gasteiger partial charge in [-0.05, 0) is 0 Å². The lowest BCUT2D eigenvalue weighted by atomic mass is 9.94. The van der Waals surface area contributed by atoms with E-state index in [1.165, 1.54) is 12.4 Å². The van der Waals surface area contributed by atoms with E-state index < -0.39 is 5.60 Å². The summed E-state index contributed by atoms with van der Waals surface area (Å²) in [6.45, 7) is 1.62. The highest BCUT2D eigenvalue weighted by molar-refractivity contribution is 6.30. The van der Waals surface area contributed by atoms with Crippen molar-refractivity contribution in [1.29, 1.82) is 0 Å². The van der Waals surface area contributed by atoms with Crippen LogP contribution in [0.2, 0.25) is 5.02 Å². The zero-order valence-electron chi connectivity index (χ0n) is 8.82. The van der Waals surface area contributed by atoms with Crippen molar-refractivity contribution >= 4 is 17.5 Å². The van der Waals surface area contributed by atoms with Crippen LogP contribution in [-0.4, -0.2) is 40.4 Å². The number of aliphatic hydroxyl groups is 1. The van der Waals surface area contributed by atoms with E-state index in [1.54, 1.807) is 0 Å². The van der Waals surface area contributed by atoms with Gasteiger partial charge >= 0.3 is 0 Å². The predicted molar refractivity (Wildman–Crippen MR) is 60.5 cm³/mol. The van der Waals surface area contributed by atoms with Crippen molar-refractivity contribution in [3.63, 3.8) is 0 Å². The molecular formula is C10H14ClN3O2. The first kappa shape index (κ1) is 11.6. The van der Waals surface area contributed by atoms with E-state index in [0.717, 1.165) is 0 Å². The zero-order valence-corrected chi connectivity index (χ0v) is 9.57. The first-order valence-corrected chi connectivity index (χ1v) is 5.57. The second kappa shape index (κ2) is 4.95. The molecule has 0 bridgehead atoms. The standard InChI is InChI=1S/C10H14ClN3O2/c11-8-5-12-9(13-6-8)14-7-10(15)1-3-16-4-2-10/h5-6,15H,1-4,7H2,(H,12,13,14). The topological polar surface area (TPSA) is 67.3 Å². The zero-order chi connectivity index (χ0) is 11.4. The summed E-state index contributed by atoms with van der Waals surface area (Å²) in [5, 5.41) is 13.7. The number of nitrogens with zero attached hydrogens (tertiary/aromatic N) is 2. The van der Waals surface area contributed by atoms with Gasteiger partial charge in [0.1, 0.15) is 0 Å². The van der Waals surface area contributed by atoms with Crippen molar-refractivity contribution in [3.05, 3.63) is 17.4 Å². The third-order valence-electron chi connectivity index (χ3n) is 2.62. The fourth-order valence-electron chi connectivity index (χ4n) is 1.58. The van der Waals surface area contributed by atoms with Crippen molar-refractivity contribution in [3.8, 4) is 0 Å². The normalized spacial score (nSPS) is 19.4. The fourth-order valence-corrected chi connectivity index (χ4v) is 1.67. The van der Waals surface area contributed by atoms with Gasteiger partial charge in [-0.25, -0.2) is 9.97 Å². The summed E-state index contributed by atoms with van der Waals surface area (Å²) in [4.78, 5) is 7.99. The molecule has 0 aromatic carbocycles. The van der Waals surface area contributed by atoms with Gasteiger partial charge in [-0.15, -0.1) is 0 Å². The van der Waals surface area contributed by atoms with E-state index in [9.17, 15) is 5.11 Å². The second-order valence-electron chi connectivity index (χ2n) is 3.92. The van der Waals surface area contributed by atoms with Crippen LogP contribution in [0, 0.1) is 0 Å². The average molecular weight is 244 g/mol. The molecule has 16 heavy (non-hydrogen) atoms. The van der Waals surface area contributed by atoms with Crippen LogP contribution in [-0.2, 0) is 4.74 Å². The minimum Gasteiger partial charge on any atom is -0.388 e. The van der Waals surface area contributed by atoms with Gasteiger partial charge in [0.2, 0.25) is 5.95 Å². The number of ether oxygens (including phenoxy) is 1. The summed E-state index contributed by atoms with van der Waals surface area (Å²) in [5.74, 6) is 0.476. The Bertz CT molecular complexity index is 338. The molecule has 0 unspecified atom stereocenters. The third kappa shape index (κ3) is 3.04. The van der Waals surface area contributed by atoms with E-state index in [2.05, 4.69) is 15.3 Å². The number of nitrogens with one attached hydrogen (secondary N) is 1. The Morgan fingerprint density at radius 2 is 2.00 bits per heavy atom. The molecule has 0 amide bonds. The molecule has 5 nitrogen and oxygen atoms in total. The van der Waals surface area contributed by atoms with Crippen molar-refractivity contribution in [2.45, 2.75) is 18.4 Å². The van der Waals surface area contributed by atoms with Crippen LogP contribution in [0.25, 0.3) is 0 Å². The van der Waals surface area contributed by atoms with Crippen molar-refractivity contribution in [2.75, 3.05) is 25.1 Å². The molecule has 1 aromatic heterocycles. The molecule has 2 N–H and O–H groups in total. The number of anilines is 1. The van der Waals surface area contributed by atoms with Crippen LogP contribution >= 0.6 is 11.6 Å². The highest BCUT2D eigenvalue weighted by Gasteiger charge is 2.29. The first-order valence-electron chi connectivity index (χ1n) is 5.20. The van der Waals surface area contributed by atoms with Crippen LogP contribution < -0.4 is 5.32 Å². The van der Waals surface area contributed by atoms with Crippen molar-refractivity contribution in [2.24, 2.45) is 0 Å². The highest BCUT2D eigenvalue weighted by atomic mass is 35.5. The Hall–Kier alpha value is -0.910. The largest absolute Gasteiger partial charge is 0.388 e. The van der Waals surface area contributed by atoms with Gasteiger partial charge in [-0.1, -0.05) is 11.6 Å². The Balaban J connectivity index is 1.88. The predicted octanol–water partition coefficient (Wildman–Crippen LogP) is 1.08. The van der Waals surface area contributed by atoms with E-state index >= 15 is 0 Å². The molecule has 2 heterocycles. The minimum absolute atomic E-state index is 0.429. The molecule has 6 heteroatoms. The lowest BCUT2D eigenvalue weighted by Gasteiger charge is -2.31. The van der Waals surface area contributed by atoms with Crippen LogP contribution in [0.4, 0.5) is 5.95 Å². The van der Waals surface area contributed by atoms with Gasteiger partial charge in [0, 0.05) is 32.6 Å². The van der Waals surface area contributed by atoms with Crippen molar-refractivity contribution in [1.82, 2.24) is 9.97 Å². The van der Waals surface area contributed by atoms with Crippen LogP contribution in [0.1, 0.15) is 12.8 Å². The third-order valence-corrected chi connectivity index (χ3v) is 2.81. The van der Waals surface area contributed by atoms with Crippen LogP contribution in [0.5, 0.6) is 0 Å². The Morgan fingerprint density at radius 3 is 2.62 bits per heavy atom. The van der Waals surface area contributed by atoms with E-state index in [1.807, 2.05) is 0 Å². The number of hydrogen-bond donors (Lipinski definition) is 2. The SMILES string of the molecule is OC1(CNc2ncc(Cl)cn2)CCOCC1. The molecular weight excluding hydrogens is 230 g/mol. The smallest absolute Gasteiger partial charge is 0.222 e. The molecule has 1 fully saturated rings. The Kier molecular flexibility index (Phi) is 3.58. The first-order chi connectivity index (χ1) is 7.68. The molecule has 1 aliphatic heterocycles. The van der Waals surface area contributed by atoms with E-state index in [0.29, 0.717) is 43.6 Å². The number of aromatic nitrogens is 2. The number of hydrogen-bond acceptors (Lipinski definition) is 5. The summed E-state index contributed by atoms with van der Waals surface area (Å²) in [7, 11) is 0. The molecule has 0 aliphatic carbocycles. The second-order valence-corrected chi connectivity index (χ2v) is 4.35. The molecule has 1 saturated heterocycles. The maximum atomic E-state index is 10.2. The number of rotatable bonds is 3. The van der Waals surface area contributed by atoms with E-state index in [-0.39, 0.29) is 0 Å². The Morgan fingerprint density at radius 1 is 1.38 bits per heavy atom. The van der Waals surface area contributed by atoms with Gasteiger partial charge < -0.3 is 15.2 Å². The number of halogens is 1. The maximum Gasteiger partial charge on any atom is 0.222 e. The molecule has 0 saturated carbocycles. The molecule has 88 valence electrons. The molecule has 1 aromatic rings. The lowest BCUT2D eigenvalue weighted by Crippen LogP contribution is -2.42. The summed E-state index contributed by atoms with van der Waals surface area (Å²) < 4.78 is 5.20. The average Bonchev–Trinajstić information content (AvgIpc) is 2.29. The molecule has 0 atom stereocenters.